The van der Waals surface area contributed by atoms with E-state index < -0.39 is 5.54 Å². The zero-order chi connectivity index (χ0) is 17.8. The SMILES string of the molecule is Cl.O=C(Nc1ccc(SC2CCCC2)cc1)C1(n2cccn2)CCNCC1. The van der Waals surface area contributed by atoms with Crippen molar-refractivity contribution in [1.82, 2.24) is 15.1 Å². The monoisotopic (exact) mass is 406 g/mol. The van der Waals surface area contributed by atoms with Gasteiger partial charge in [-0.2, -0.15) is 5.10 Å². The molecule has 2 N–H and O–H groups in total. The molecule has 2 heterocycles. The fourth-order valence-electron chi connectivity index (χ4n) is 3.99. The molecule has 1 saturated heterocycles. The lowest BCUT2D eigenvalue weighted by molar-refractivity contribution is -0.126. The zero-order valence-corrected chi connectivity index (χ0v) is 17.0. The Morgan fingerprint density at radius 1 is 1.19 bits per heavy atom. The van der Waals surface area contributed by atoms with Crippen LogP contribution in [0.2, 0.25) is 0 Å². The molecule has 1 aliphatic carbocycles. The third kappa shape index (κ3) is 4.50. The number of piperidine rings is 1. The van der Waals surface area contributed by atoms with E-state index in [0.717, 1.165) is 36.9 Å². The van der Waals surface area contributed by atoms with Crippen molar-refractivity contribution in [2.75, 3.05) is 18.4 Å². The van der Waals surface area contributed by atoms with Gasteiger partial charge < -0.3 is 10.6 Å². The van der Waals surface area contributed by atoms with Crippen molar-refractivity contribution in [2.24, 2.45) is 0 Å². The minimum Gasteiger partial charge on any atom is -0.324 e. The Kier molecular flexibility index (Phi) is 6.84. The summed E-state index contributed by atoms with van der Waals surface area (Å²) in [6.45, 7) is 1.65. The Labute approximate surface area is 171 Å². The number of rotatable bonds is 5. The molecule has 0 unspecified atom stereocenters. The second kappa shape index (κ2) is 9.13. The van der Waals surface area contributed by atoms with Crippen LogP contribution in [0.5, 0.6) is 0 Å². The van der Waals surface area contributed by atoms with Gasteiger partial charge in [0, 0.05) is 28.2 Å². The Hall–Kier alpha value is -1.50. The van der Waals surface area contributed by atoms with Gasteiger partial charge >= 0.3 is 0 Å². The number of thioether (sulfide) groups is 1. The van der Waals surface area contributed by atoms with Crippen LogP contribution < -0.4 is 10.6 Å². The summed E-state index contributed by atoms with van der Waals surface area (Å²) in [5.41, 5.74) is 0.252. The zero-order valence-electron chi connectivity index (χ0n) is 15.4. The average molecular weight is 407 g/mol. The molecule has 2 aromatic rings. The maximum absolute atomic E-state index is 13.1. The van der Waals surface area contributed by atoms with E-state index in [-0.39, 0.29) is 18.3 Å². The number of hydrogen-bond acceptors (Lipinski definition) is 4. The van der Waals surface area contributed by atoms with Gasteiger partial charge in [-0.25, -0.2) is 0 Å². The first kappa shape index (κ1) is 20.2. The molecule has 5 nitrogen and oxygen atoms in total. The van der Waals surface area contributed by atoms with Crippen LogP contribution in [0, 0.1) is 0 Å². The lowest BCUT2D eigenvalue weighted by Gasteiger charge is -2.36. The van der Waals surface area contributed by atoms with Crippen LogP contribution in [-0.4, -0.2) is 34.0 Å². The number of amides is 1. The molecule has 2 fully saturated rings. The Balaban J connectivity index is 0.00000210. The van der Waals surface area contributed by atoms with Crippen molar-refractivity contribution in [2.45, 2.75) is 54.2 Å². The molecule has 0 atom stereocenters. The van der Waals surface area contributed by atoms with Crippen molar-refractivity contribution < 1.29 is 4.79 Å². The Bertz CT molecular complexity index is 723. The number of hydrogen-bond donors (Lipinski definition) is 2. The van der Waals surface area contributed by atoms with Gasteiger partial charge in [-0.15, -0.1) is 24.2 Å². The molecular formula is C20H27ClN4OS. The van der Waals surface area contributed by atoms with E-state index in [9.17, 15) is 4.79 Å². The number of nitrogens with one attached hydrogen (secondary N) is 2. The third-order valence-electron chi connectivity index (χ3n) is 5.51. The van der Waals surface area contributed by atoms with Gasteiger partial charge in [0.05, 0.1) is 0 Å². The van der Waals surface area contributed by atoms with Crippen molar-refractivity contribution in [3.8, 4) is 0 Å². The molecule has 1 amide bonds. The smallest absolute Gasteiger partial charge is 0.252 e. The molecule has 0 spiro atoms. The molecule has 1 saturated carbocycles. The van der Waals surface area contributed by atoms with Gasteiger partial charge in [-0.3, -0.25) is 9.48 Å². The summed E-state index contributed by atoms with van der Waals surface area (Å²) in [6.07, 6.45) is 10.5. The highest BCUT2D eigenvalue weighted by Crippen LogP contribution is 2.35. The molecule has 27 heavy (non-hydrogen) atoms. The van der Waals surface area contributed by atoms with Crippen molar-refractivity contribution in [1.29, 1.82) is 0 Å². The molecule has 146 valence electrons. The Morgan fingerprint density at radius 3 is 2.52 bits per heavy atom. The van der Waals surface area contributed by atoms with Crippen LogP contribution in [-0.2, 0) is 10.3 Å². The second-order valence-electron chi connectivity index (χ2n) is 7.24. The van der Waals surface area contributed by atoms with Crippen molar-refractivity contribution in [3.05, 3.63) is 42.7 Å². The van der Waals surface area contributed by atoms with Gasteiger partial charge in [0.1, 0.15) is 5.54 Å². The van der Waals surface area contributed by atoms with Gasteiger partial charge in [0.25, 0.3) is 5.91 Å². The van der Waals surface area contributed by atoms with E-state index in [2.05, 4.69) is 27.9 Å². The summed E-state index contributed by atoms with van der Waals surface area (Å²) in [6, 6.07) is 10.2. The normalized spacial score (nSPS) is 19.4. The first-order chi connectivity index (χ1) is 12.8. The van der Waals surface area contributed by atoms with E-state index in [1.807, 2.05) is 40.8 Å². The predicted molar refractivity (Wildman–Crippen MR) is 113 cm³/mol. The molecule has 4 rings (SSSR count). The summed E-state index contributed by atoms with van der Waals surface area (Å²) in [5, 5.41) is 11.6. The summed E-state index contributed by atoms with van der Waals surface area (Å²) in [5.74, 6) is 0.0268. The first-order valence-electron chi connectivity index (χ1n) is 9.55. The minimum absolute atomic E-state index is 0. The highest BCUT2D eigenvalue weighted by Gasteiger charge is 2.42. The number of anilines is 1. The Morgan fingerprint density at radius 2 is 1.89 bits per heavy atom. The summed E-state index contributed by atoms with van der Waals surface area (Å²) in [7, 11) is 0. The standard InChI is InChI=1S/C20H26N4OS.ClH/c25-19(20(10-13-21-14-11-20)24-15-3-12-22-24)23-16-6-8-18(9-7-16)26-17-4-1-2-5-17;/h3,6-9,12,15,17,21H,1-2,4-5,10-11,13-14H2,(H,23,25);1H. The van der Waals surface area contributed by atoms with Crippen LogP contribution in [0.1, 0.15) is 38.5 Å². The molecule has 1 aromatic carbocycles. The van der Waals surface area contributed by atoms with Gasteiger partial charge in [0.2, 0.25) is 0 Å². The number of halogens is 1. The number of benzene rings is 1. The third-order valence-corrected chi connectivity index (χ3v) is 6.86. The largest absolute Gasteiger partial charge is 0.324 e. The van der Waals surface area contributed by atoms with E-state index in [0.29, 0.717) is 0 Å². The molecule has 2 aliphatic rings. The predicted octanol–water partition coefficient (Wildman–Crippen LogP) is 4.06. The average Bonchev–Trinajstić information content (AvgIpc) is 3.38. The van der Waals surface area contributed by atoms with Crippen LogP contribution in [0.15, 0.2) is 47.6 Å². The number of nitrogens with zero attached hydrogens (tertiary/aromatic N) is 2. The molecular weight excluding hydrogens is 380 g/mol. The molecule has 1 aliphatic heterocycles. The summed E-state index contributed by atoms with van der Waals surface area (Å²) < 4.78 is 1.83. The summed E-state index contributed by atoms with van der Waals surface area (Å²) in [4.78, 5) is 14.4. The first-order valence-corrected chi connectivity index (χ1v) is 10.4. The quantitative estimate of drug-likeness (QED) is 0.786. The number of aromatic nitrogens is 2. The molecule has 0 bridgehead atoms. The van der Waals surface area contributed by atoms with E-state index in [1.54, 1.807) is 6.20 Å². The molecule has 0 radical (unpaired) electrons. The van der Waals surface area contributed by atoms with Gasteiger partial charge in [-0.05, 0) is 69.1 Å². The van der Waals surface area contributed by atoms with Crippen LogP contribution in [0.25, 0.3) is 0 Å². The van der Waals surface area contributed by atoms with E-state index in [4.69, 9.17) is 0 Å². The highest BCUT2D eigenvalue weighted by atomic mass is 35.5. The van der Waals surface area contributed by atoms with Crippen molar-refractivity contribution >= 4 is 35.8 Å². The lowest BCUT2D eigenvalue weighted by atomic mass is 9.87. The fourth-order valence-corrected chi connectivity index (χ4v) is 5.23. The molecule has 1 aromatic heterocycles. The number of carbonyl (C=O) groups excluding carboxylic acids is 1. The van der Waals surface area contributed by atoms with Crippen LogP contribution >= 0.6 is 24.2 Å². The lowest BCUT2D eigenvalue weighted by Crippen LogP contribution is -2.52. The maximum Gasteiger partial charge on any atom is 0.252 e. The van der Waals surface area contributed by atoms with E-state index in [1.165, 1.54) is 30.6 Å². The van der Waals surface area contributed by atoms with E-state index >= 15 is 0 Å². The molecule has 7 heteroatoms. The minimum atomic E-state index is -0.605. The topological polar surface area (TPSA) is 59.0 Å². The summed E-state index contributed by atoms with van der Waals surface area (Å²) >= 11 is 1.97. The highest BCUT2D eigenvalue weighted by molar-refractivity contribution is 8.00. The van der Waals surface area contributed by atoms with Gasteiger partial charge in [-0.1, -0.05) is 12.8 Å². The maximum atomic E-state index is 13.1. The van der Waals surface area contributed by atoms with Crippen LogP contribution in [0.4, 0.5) is 5.69 Å². The number of carbonyl (C=O) groups is 1. The fraction of sp³-hybridized carbons (Fsp3) is 0.500. The second-order valence-corrected chi connectivity index (χ2v) is 8.61. The van der Waals surface area contributed by atoms with Crippen LogP contribution in [0.3, 0.4) is 0 Å². The van der Waals surface area contributed by atoms with Crippen molar-refractivity contribution in [3.63, 3.8) is 0 Å². The van der Waals surface area contributed by atoms with Gasteiger partial charge in [0.15, 0.2) is 0 Å².